The molecule has 0 saturated carbocycles. The zero-order chi connectivity index (χ0) is 10.8. The number of halogens is 2. The summed E-state index contributed by atoms with van der Waals surface area (Å²) in [5.74, 6) is -0.346. The summed E-state index contributed by atoms with van der Waals surface area (Å²) >= 11 is 11.6. The number of hydrogen-bond donors (Lipinski definition) is 0. The number of rotatable bonds is 2. The third-order valence-corrected chi connectivity index (χ3v) is 2.35. The van der Waals surface area contributed by atoms with E-state index in [0.29, 0.717) is 10.6 Å². The minimum Gasteiger partial charge on any atom is -0.442 e. The molecule has 0 unspecified atom stereocenters. The summed E-state index contributed by atoms with van der Waals surface area (Å²) in [6.07, 6.45) is 2.73. The quantitative estimate of drug-likeness (QED) is 0.759. The topological polar surface area (TPSA) is 43.1 Å². The van der Waals surface area contributed by atoms with Gasteiger partial charge in [-0.05, 0) is 18.2 Å². The zero-order valence-electron chi connectivity index (χ0n) is 7.41. The molecule has 0 aliphatic carbocycles. The number of benzene rings is 1. The van der Waals surface area contributed by atoms with Gasteiger partial charge in [-0.15, -0.1) is 0 Å². The fraction of sp³-hybridized carbons (Fsp3) is 0. The maximum absolute atomic E-state index is 11.8. The van der Waals surface area contributed by atoms with Crippen molar-refractivity contribution in [3.05, 3.63) is 52.2 Å². The van der Waals surface area contributed by atoms with Gasteiger partial charge in [0, 0.05) is 10.6 Å². The number of nitrogens with zero attached hydrogens (tertiary/aromatic N) is 1. The molecule has 1 aromatic heterocycles. The fourth-order valence-electron chi connectivity index (χ4n) is 1.12. The van der Waals surface area contributed by atoms with Crippen molar-refractivity contribution >= 4 is 29.0 Å². The average Bonchev–Trinajstić information content (AvgIpc) is 2.69. The van der Waals surface area contributed by atoms with Gasteiger partial charge < -0.3 is 4.42 Å². The Kier molecular flexibility index (Phi) is 2.75. The van der Waals surface area contributed by atoms with Gasteiger partial charge in [0.15, 0.2) is 0 Å². The van der Waals surface area contributed by atoms with Crippen LogP contribution in [-0.4, -0.2) is 10.8 Å². The first-order chi connectivity index (χ1) is 7.18. The van der Waals surface area contributed by atoms with Crippen molar-refractivity contribution in [2.75, 3.05) is 0 Å². The standard InChI is InChI=1S/C10H5Cl2NO2/c11-6-1-2-7(8(12)5-6)9(14)10-13-3-4-15-10/h1-5H. The monoisotopic (exact) mass is 241 g/mol. The van der Waals surface area contributed by atoms with Crippen LogP contribution in [0.1, 0.15) is 16.2 Å². The molecular formula is C10H5Cl2NO2. The molecule has 5 heteroatoms. The van der Waals surface area contributed by atoms with Gasteiger partial charge in [-0.1, -0.05) is 23.2 Å². The molecule has 76 valence electrons. The predicted molar refractivity (Wildman–Crippen MR) is 56.4 cm³/mol. The lowest BCUT2D eigenvalue weighted by Gasteiger charge is -2.00. The first kappa shape index (κ1) is 10.2. The van der Waals surface area contributed by atoms with Crippen molar-refractivity contribution in [2.24, 2.45) is 0 Å². The smallest absolute Gasteiger partial charge is 0.268 e. The van der Waals surface area contributed by atoms with E-state index in [4.69, 9.17) is 27.6 Å². The molecule has 0 aliphatic heterocycles. The van der Waals surface area contributed by atoms with Crippen LogP contribution in [0.4, 0.5) is 0 Å². The Hall–Kier alpha value is -1.32. The Morgan fingerprint density at radius 1 is 1.33 bits per heavy atom. The number of ketones is 1. The van der Waals surface area contributed by atoms with E-state index in [1.54, 1.807) is 6.07 Å². The summed E-state index contributed by atoms with van der Waals surface area (Å²) in [5, 5.41) is 0.759. The van der Waals surface area contributed by atoms with Crippen molar-refractivity contribution in [3.63, 3.8) is 0 Å². The normalized spacial score (nSPS) is 10.3. The lowest BCUT2D eigenvalue weighted by molar-refractivity contribution is 0.100. The van der Waals surface area contributed by atoms with Crippen LogP contribution in [0.5, 0.6) is 0 Å². The fourth-order valence-corrected chi connectivity index (χ4v) is 1.62. The summed E-state index contributed by atoms with van der Waals surface area (Å²) in [6, 6.07) is 4.63. The Balaban J connectivity index is 2.42. The Morgan fingerprint density at radius 2 is 2.13 bits per heavy atom. The Morgan fingerprint density at radius 3 is 2.73 bits per heavy atom. The minimum absolute atomic E-state index is 0.0132. The summed E-state index contributed by atoms with van der Waals surface area (Å²) in [4.78, 5) is 15.5. The van der Waals surface area contributed by atoms with Gasteiger partial charge in [0.25, 0.3) is 5.89 Å². The summed E-state index contributed by atoms with van der Waals surface area (Å²) in [6.45, 7) is 0. The second-order valence-corrected chi connectivity index (χ2v) is 3.63. The molecule has 0 radical (unpaired) electrons. The first-order valence-corrected chi connectivity index (χ1v) is 4.83. The van der Waals surface area contributed by atoms with Crippen LogP contribution in [0.25, 0.3) is 0 Å². The molecule has 0 saturated heterocycles. The molecule has 15 heavy (non-hydrogen) atoms. The van der Waals surface area contributed by atoms with Gasteiger partial charge in [-0.2, -0.15) is 0 Å². The van der Waals surface area contributed by atoms with Crippen LogP contribution < -0.4 is 0 Å². The highest BCUT2D eigenvalue weighted by Crippen LogP contribution is 2.22. The van der Waals surface area contributed by atoms with Crippen molar-refractivity contribution in [1.82, 2.24) is 4.98 Å². The van der Waals surface area contributed by atoms with Crippen LogP contribution in [0, 0.1) is 0 Å². The Bertz CT molecular complexity index is 494. The van der Waals surface area contributed by atoms with E-state index >= 15 is 0 Å². The molecule has 1 aromatic carbocycles. The lowest BCUT2D eigenvalue weighted by Crippen LogP contribution is -2.02. The van der Waals surface area contributed by atoms with E-state index in [1.807, 2.05) is 0 Å². The largest absolute Gasteiger partial charge is 0.442 e. The molecule has 2 rings (SSSR count). The maximum Gasteiger partial charge on any atom is 0.268 e. The molecule has 0 aliphatic rings. The lowest BCUT2D eigenvalue weighted by atomic mass is 10.1. The van der Waals surface area contributed by atoms with Gasteiger partial charge in [0.05, 0.1) is 11.2 Å². The van der Waals surface area contributed by atoms with Gasteiger partial charge >= 0.3 is 0 Å². The third kappa shape index (κ3) is 2.03. The number of hydrogen-bond acceptors (Lipinski definition) is 3. The van der Waals surface area contributed by atoms with E-state index in [1.165, 1.54) is 24.6 Å². The number of carbonyl (C=O) groups excluding carboxylic acids is 1. The average molecular weight is 242 g/mol. The van der Waals surface area contributed by atoms with E-state index in [0.717, 1.165) is 0 Å². The molecule has 0 fully saturated rings. The molecule has 0 atom stereocenters. The number of oxazole rings is 1. The van der Waals surface area contributed by atoms with Gasteiger partial charge in [0.1, 0.15) is 6.26 Å². The summed E-state index contributed by atoms with van der Waals surface area (Å²) in [5.41, 5.74) is 0.323. The SMILES string of the molecule is O=C(c1ncco1)c1ccc(Cl)cc1Cl. The van der Waals surface area contributed by atoms with Crippen molar-refractivity contribution in [2.45, 2.75) is 0 Å². The molecular weight excluding hydrogens is 237 g/mol. The Labute approximate surface area is 95.6 Å². The highest BCUT2D eigenvalue weighted by molar-refractivity contribution is 6.37. The minimum atomic E-state index is -0.360. The van der Waals surface area contributed by atoms with Crippen LogP contribution in [-0.2, 0) is 0 Å². The van der Waals surface area contributed by atoms with Crippen molar-refractivity contribution < 1.29 is 9.21 Å². The molecule has 2 aromatic rings. The molecule has 1 heterocycles. The van der Waals surface area contributed by atoms with Crippen LogP contribution in [0.3, 0.4) is 0 Å². The second-order valence-electron chi connectivity index (χ2n) is 2.79. The zero-order valence-corrected chi connectivity index (χ0v) is 8.92. The van der Waals surface area contributed by atoms with E-state index < -0.39 is 0 Å². The van der Waals surface area contributed by atoms with Gasteiger partial charge in [-0.3, -0.25) is 4.79 Å². The van der Waals surface area contributed by atoms with Crippen molar-refractivity contribution in [1.29, 1.82) is 0 Å². The molecule has 0 bridgehead atoms. The van der Waals surface area contributed by atoms with Crippen LogP contribution in [0.15, 0.2) is 35.1 Å². The van der Waals surface area contributed by atoms with Crippen LogP contribution in [0.2, 0.25) is 10.0 Å². The molecule has 0 amide bonds. The van der Waals surface area contributed by atoms with Crippen molar-refractivity contribution in [3.8, 4) is 0 Å². The van der Waals surface area contributed by atoms with Crippen LogP contribution >= 0.6 is 23.2 Å². The van der Waals surface area contributed by atoms with E-state index in [2.05, 4.69) is 4.98 Å². The molecule has 0 spiro atoms. The van der Waals surface area contributed by atoms with Gasteiger partial charge in [0.2, 0.25) is 5.78 Å². The maximum atomic E-state index is 11.8. The van der Waals surface area contributed by atoms with Gasteiger partial charge in [-0.25, -0.2) is 4.98 Å². The first-order valence-electron chi connectivity index (χ1n) is 4.08. The third-order valence-electron chi connectivity index (χ3n) is 1.80. The summed E-state index contributed by atoms with van der Waals surface area (Å²) in [7, 11) is 0. The molecule has 0 N–H and O–H groups in total. The highest BCUT2D eigenvalue weighted by Gasteiger charge is 2.16. The highest BCUT2D eigenvalue weighted by atomic mass is 35.5. The second kappa shape index (κ2) is 4.04. The number of carbonyl (C=O) groups is 1. The molecule has 3 nitrogen and oxygen atoms in total. The van der Waals surface area contributed by atoms with E-state index in [9.17, 15) is 4.79 Å². The number of aromatic nitrogens is 1. The predicted octanol–water partition coefficient (Wildman–Crippen LogP) is 3.21. The van der Waals surface area contributed by atoms with E-state index in [-0.39, 0.29) is 16.7 Å². The summed E-state index contributed by atoms with van der Waals surface area (Å²) < 4.78 is 4.88.